The van der Waals surface area contributed by atoms with Crippen LogP contribution < -0.4 is 14.8 Å². The van der Waals surface area contributed by atoms with Crippen LogP contribution in [0.25, 0.3) is 0 Å². The zero-order chi connectivity index (χ0) is 23.1. The number of fused-ring (bicyclic) bond motifs is 4. The molecular formula is C28H24N2O4. The summed E-state index contributed by atoms with van der Waals surface area (Å²) >= 11 is 0. The lowest BCUT2D eigenvalue weighted by molar-refractivity contribution is 0.0700. The molecule has 3 aliphatic rings. The molecule has 1 saturated heterocycles. The Hall–Kier alpha value is -3.95. The zero-order valence-corrected chi connectivity index (χ0v) is 18.5. The molecule has 0 radical (unpaired) electrons. The summed E-state index contributed by atoms with van der Waals surface area (Å²) in [5.74, 6) is 7.80. The van der Waals surface area contributed by atoms with Gasteiger partial charge >= 0.3 is 0 Å². The Bertz CT molecular complexity index is 1310. The van der Waals surface area contributed by atoms with Gasteiger partial charge in [-0.25, -0.2) is 0 Å². The number of benzene rings is 3. The highest BCUT2D eigenvalue weighted by atomic mass is 16.7. The van der Waals surface area contributed by atoms with E-state index in [1.165, 1.54) is 0 Å². The third-order valence-electron chi connectivity index (χ3n) is 6.87. The minimum absolute atomic E-state index is 0.0161. The topological polar surface area (TPSA) is 71.0 Å². The summed E-state index contributed by atoms with van der Waals surface area (Å²) in [6, 6.07) is 21.0. The second-order valence-corrected chi connectivity index (χ2v) is 8.82. The van der Waals surface area contributed by atoms with Gasteiger partial charge in [-0.05, 0) is 60.5 Å². The number of hydrogen-bond acceptors (Lipinski definition) is 5. The normalized spacial score (nSPS) is 21.7. The number of ether oxygens (including phenoxy) is 2. The predicted molar refractivity (Wildman–Crippen MR) is 128 cm³/mol. The molecule has 1 amide bonds. The SMILES string of the molecule is O=C(c1ccc2c(c1)OCO2)N1CC[C@@H]2[C@H]1c1cc(C#Cc3ccccc3)ccc1N[C@@H]2CO. The van der Waals surface area contributed by atoms with E-state index in [4.69, 9.17) is 9.47 Å². The molecule has 1 fully saturated rings. The van der Waals surface area contributed by atoms with E-state index in [0.29, 0.717) is 23.6 Å². The molecule has 0 bridgehead atoms. The van der Waals surface area contributed by atoms with E-state index in [1.807, 2.05) is 47.4 Å². The fourth-order valence-corrected chi connectivity index (χ4v) is 5.23. The molecule has 2 N–H and O–H groups in total. The van der Waals surface area contributed by atoms with Gasteiger partial charge in [0.25, 0.3) is 5.91 Å². The standard InChI is InChI=1S/C28H24N2O4/c31-16-24-21-12-13-30(28(32)20-9-11-25-26(15-20)34-17-33-25)27(21)22-14-19(8-10-23(22)29-24)7-6-18-4-2-1-3-5-18/h1-5,8-11,14-15,21,24,27,29,31H,12-13,16-17H2/t21-,24+,27-/m0/s1. The number of carbonyl (C=O) groups is 1. The number of hydrogen-bond donors (Lipinski definition) is 2. The van der Waals surface area contributed by atoms with Gasteiger partial charge in [-0.2, -0.15) is 0 Å². The predicted octanol–water partition coefficient (Wildman–Crippen LogP) is 3.80. The van der Waals surface area contributed by atoms with Crippen LogP contribution in [0.15, 0.2) is 66.7 Å². The largest absolute Gasteiger partial charge is 0.454 e. The van der Waals surface area contributed by atoms with Crippen LogP contribution >= 0.6 is 0 Å². The molecule has 6 rings (SSSR count). The number of nitrogens with zero attached hydrogens (tertiary/aromatic N) is 1. The Morgan fingerprint density at radius 1 is 1.00 bits per heavy atom. The van der Waals surface area contributed by atoms with Crippen LogP contribution in [-0.2, 0) is 0 Å². The lowest BCUT2D eigenvalue weighted by Crippen LogP contribution is -2.42. The molecule has 0 aromatic heterocycles. The van der Waals surface area contributed by atoms with Gasteiger partial charge in [0.1, 0.15) is 0 Å². The Labute approximate surface area is 198 Å². The third-order valence-corrected chi connectivity index (χ3v) is 6.87. The molecule has 34 heavy (non-hydrogen) atoms. The average molecular weight is 453 g/mol. The van der Waals surface area contributed by atoms with Gasteiger partial charge in [-0.3, -0.25) is 4.79 Å². The van der Waals surface area contributed by atoms with Gasteiger partial charge in [0.05, 0.1) is 18.7 Å². The number of likely N-dealkylation sites (tertiary alicyclic amines) is 1. The van der Waals surface area contributed by atoms with E-state index < -0.39 is 0 Å². The first-order valence-electron chi connectivity index (χ1n) is 11.5. The van der Waals surface area contributed by atoms with Gasteiger partial charge in [0, 0.05) is 34.8 Å². The summed E-state index contributed by atoms with van der Waals surface area (Å²) in [6.45, 7) is 0.813. The highest BCUT2D eigenvalue weighted by molar-refractivity contribution is 5.95. The first-order chi connectivity index (χ1) is 16.7. The number of carbonyl (C=O) groups excluding carboxylic acids is 1. The van der Waals surface area contributed by atoms with Crippen molar-refractivity contribution in [3.63, 3.8) is 0 Å². The fourth-order valence-electron chi connectivity index (χ4n) is 5.23. The van der Waals surface area contributed by atoms with Gasteiger partial charge < -0.3 is 24.8 Å². The quantitative estimate of drug-likeness (QED) is 0.579. The third kappa shape index (κ3) is 3.55. The van der Waals surface area contributed by atoms with Gasteiger partial charge in [-0.15, -0.1) is 0 Å². The lowest BCUT2D eigenvalue weighted by Gasteiger charge is -2.39. The maximum absolute atomic E-state index is 13.6. The minimum atomic E-state index is -0.134. The van der Waals surface area contributed by atoms with E-state index in [0.717, 1.165) is 28.8 Å². The Morgan fingerprint density at radius 2 is 1.82 bits per heavy atom. The molecule has 170 valence electrons. The fraction of sp³-hybridized carbons (Fsp3) is 0.250. The van der Waals surface area contributed by atoms with Crippen LogP contribution in [0.4, 0.5) is 5.69 Å². The Kier molecular flexibility index (Phi) is 5.12. The zero-order valence-electron chi connectivity index (χ0n) is 18.5. The number of aliphatic hydroxyl groups is 1. The molecule has 0 unspecified atom stereocenters. The van der Waals surface area contributed by atoms with Crippen molar-refractivity contribution in [2.24, 2.45) is 5.92 Å². The lowest BCUT2D eigenvalue weighted by atomic mass is 9.82. The Morgan fingerprint density at radius 3 is 2.68 bits per heavy atom. The van der Waals surface area contributed by atoms with E-state index in [9.17, 15) is 9.90 Å². The van der Waals surface area contributed by atoms with Crippen molar-refractivity contribution < 1.29 is 19.4 Å². The summed E-state index contributed by atoms with van der Waals surface area (Å²) in [5.41, 5.74) is 4.41. The van der Waals surface area contributed by atoms with Gasteiger partial charge in [0.15, 0.2) is 11.5 Å². The van der Waals surface area contributed by atoms with Gasteiger partial charge in [-0.1, -0.05) is 30.0 Å². The minimum Gasteiger partial charge on any atom is -0.454 e. The van der Waals surface area contributed by atoms with E-state index in [-0.39, 0.29) is 37.3 Å². The molecule has 3 heterocycles. The first kappa shape index (κ1) is 20.6. The molecule has 3 aliphatic heterocycles. The van der Waals surface area contributed by atoms with Crippen molar-refractivity contribution in [2.45, 2.75) is 18.5 Å². The molecule has 3 aromatic carbocycles. The Balaban J connectivity index is 1.36. The molecule has 0 saturated carbocycles. The van der Waals surface area contributed by atoms with Crippen molar-refractivity contribution in [3.8, 4) is 23.3 Å². The van der Waals surface area contributed by atoms with Crippen molar-refractivity contribution in [1.82, 2.24) is 4.90 Å². The summed E-state index contributed by atoms with van der Waals surface area (Å²) in [7, 11) is 0. The molecule has 6 nitrogen and oxygen atoms in total. The van der Waals surface area contributed by atoms with Crippen LogP contribution in [0.2, 0.25) is 0 Å². The molecular weight excluding hydrogens is 428 g/mol. The van der Waals surface area contributed by atoms with Crippen molar-refractivity contribution in [3.05, 3.63) is 89.0 Å². The number of nitrogens with one attached hydrogen (secondary N) is 1. The van der Waals surface area contributed by atoms with Crippen LogP contribution in [0, 0.1) is 17.8 Å². The molecule has 0 aliphatic carbocycles. The maximum atomic E-state index is 13.6. The monoisotopic (exact) mass is 452 g/mol. The summed E-state index contributed by atoms with van der Waals surface area (Å²) in [6.07, 6.45) is 0.818. The van der Waals surface area contributed by atoms with Crippen LogP contribution in [0.5, 0.6) is 11.5 Å². The summed E-state index contributed by atoms with van der Waals surface area (Å²) in [4.78, 5) is 15.6. The summed E-state index contributed by atoms with van der Waals surface area (Å²) in [5, 5.41) is 13.5. The smallest absolute Gasteiger partial charge is 0.254 e. The summed E-state index contributed by atoms with van der Waals surface area (Å²) < 4.78 is 10.9. The van der Waals surface area contributed by atoms with Crippen molar-refractivity contribution in [1.29, 1.82) is 0 Å². The average Bonchev–Trinajstić information content (AvgIpc) is 3.54. The highest BCUT2D eigenvalue weighted by Crippen LogP contribution is 2.47. The van der Waals surface area contributed by atoms with E-state index >= 15 is 0 Å². The van der Waals surface area contributed by atoms with E-state index in [1.54, 1.807) is 18.2 Å². The first-order valence-corrected chi connectivity index (χ1v) is 11.5. The molecule has 3 atom stereocenters. The number of anilines is 1. The van der Waals surface area contributed by atoms with E-state index in [2.05, 4.69) is 23.2 Å². The second kappa shape index (κ2) is 8.44. The van der Waals surface area contributed by atoms with Crippen LogP contribution in [0.3, 0.4) is 0 Å². The molecule has 0 spiro atoms. The van der Waals surface area contributed by atoms with Crippen molar-refractivity contribution in [2.75, 3.05) is 25.3 Å². The molecule has 3 aromatic rings. The maximum Gasteiger partial charge on any atom is 0.254 e. The highest BCUT2D eigenvalue weighted by Gasteiger charge is 2.46. The second-order valence-electron chi connectivity index (χ2n) is 8.82. The van der Waals surface area contributed by atoms with Crippen LogP contribution in [-0.4, -0.2) is 41.9 Å². The van der Waals surface area contributed by atoms with Gasteiger partial charge in [0.2, 0.25) is 6.79 Å². The van der Waals surface area contributed by atoms with Crippen LogP contribution in [0.1, 0.15) is 39.5 Å². The number of rotatable bonds is 2. The van der Waals surface area contributed by atoms with Crippen molar-refractivity contribution >= 4 is 11.6 Å². The molecule has 6 heteroatoms. The number of amides is 1. The number of aliphatic hydroxyl groups excluding tert-OH is 1.